The third kappa shape index (κ3) is 8.40. The van der Waals surface area contributed by atoms with E-state index in [1.165, 1.54) is 6.08 Å². The Morgan fingerprint density at radius 3 is 1.60 bits per heavy atom. The smallest absolute Gasteiger partial charge is 0.264 e. The summed E-state index contributed by atoms with van der Waals surface area (Å²) in [4.78, 5) is 22.4. The lowest BCUT2D eigenvalue weighted by Crippen LogP contribution is -2.29. The van der Waals surface area contributed by atoms with Crippen molar-refractivity contribution in [3.63, 3.8) is 0 Å². The van der Waals surface area contributed by atoms with Gasteiger partial charge in [0.05, 0.1) is 5.57 Å². The zero-order chi connectivity index (χ0) is 16.9. The van der Waals surface area contributed by atoms with Gasteiger partial charge in [-0.25, -0.2) is 0 Å². The van der Waals surface area contributed by atoms with Crippen molar-refractivity contribution >= 4 is 19.8 Å². The Hall–Kier alpha value is -1.72. The van der Waals surface area contributed by atoms with Crippen molar-refractivity contribution < 1.29 is 9.59 Å². The summed E-state index contributed by atoms with van der Waals surface area (Å²) in [6.45, 7) is 14.5. The third-order valence-corrected chi connectivity index (χ3v) is 1.45. The van der Waals surface area contributed by atoms with E-state index in [1.54, 1.807) is 0 Å². The van der Waals surface area contributed by atoms with Crippen molar-refractivity contribution in [2.45, 2.75) is 48.5 Å². The summed E-state index contributed by atoms with van der Waals surface area (Å²) in [6.07, 6.45) is 2.36. The van der Waals surface area contributed by atoms with E-state index in [9.17, 15) is 9.59 Å². The number of amides is 2. The molecule has 0 fully saturated rings. The van der Waals surface area contributed by atoms with Gasteiger partial charge < -0.3 is 16.3 Å². The van der Waals surface area contributed by atoms with Crippen molar-refractivity contribution in [1.82, 2.24) is 4.81 Å². The van der Waals surface area contributed by atoms with Crippen LogP contribution in [0.4, 0.5) is 0 Å². The average molecular weight is 281 g/mol. The summed E-state index contributed by atoms with van der Waals surface area (Å²) in [7, 11) is 5.07. The Balaban J connectivity index is -0.000000306. The largest absolute Gasteiger partial charge is 0.405 e. The predicted octanol–water partition coefficient (Wildman–Crippen LogP) is 1.84. The van der Waals surface area contributed by atoms with Gasteiger partial charge in [0.25, 0.3) is 5.91 Å². The Morgan fingerprint density at radius 1 is 1.05 bits per heavy atom. The molecule has 1 aliphatic rings. The molecule has 0 saturated carbocycles. The summed E-state index contributed by atoms with van der Waals surface area (Å²) >= 11 is 0. The first-order chi connectivity index (χ1) is 9.32. The molecule has 0 aromatic carbocycles. The molecule has 0 spiro atoms. The summed E-state index contributed by atoms with van der Waals surface area (Å²) in [5.74, 6) is -0.507. The Bertz CT molecular complexity index is 348. The zero-order valence-corrected chi connectivity index (χ0v) is 13.7. The first-order valence-corrected chi connectivity index (χ1v) is 6.84. The van der Waals surface area contributed by atoms with E-state index in [-0.39, 0.29) is 11.3 Å². The van der Waals surface area contributed by atoms with Crippen LogP contribution in [0.2, 0.25) is 0 Å². The zero-order valence-electron chi connectivity index (χ0n) is 13.7. The summed E-state index contributed by atoms with van der Waals surface area (Å²) < 4.78 is 0. The second-order valence-electron chi connectivity index (χ2n) is 3.90. The van der Waals surface area contributed by atoms with Gasteiger partial charge >= 0.3 is 0 Å². The number of carbonyl (C=O) groups excluding carboxylic acids is 2. The van der Waals surface area contributed by atoms with Gasteiger partial charge in [-0.2, -0.15) is 0 Å². The summed E-state index contributed by atoms with van der Waals surface area (Å²) in [5, 5.41) is 0. The van der Waals surface area contributed by atoms with E-state index < -0.39 is 11.8 Å². The minimum atomic E-state index is -0.701. The minimum Gasteiger partial charge on any atom is -0.405 e. The highest BCUT2D eigenvalue weighted by atomic mass is 16.2. The number of hydrogen-bond donors (Lipinski definition) is 2. The Labute approximate surface area is 124 Å². The normalized spacial score (nSPS) is 13.5. The maximum Gasteiger partial charge on any atom is 0.264 e. The Kier molecular flexibility index (Phi) is 16.0. The molecule has 0 aromatic rings. The minimum absolute atomic E-state index is 0.0324. The molecule has 4 N–H and O–H groups in total. The maximum atomic E-state index is 11.1. The molecule has 1 heterocycles. The lowest BCUT2D eigenvalue weighted by atomic mass is 10.2. The third-order valence-electron chi connectivity index (χ3n) is 1.45. The van der Waals surface area contributed by atoms with E-state index in [4.69, 9.17) is 19.4 Å². The lowest BCUT2D eigenvalue weighted by molar-refractivity contribution is -0.131. The van der Waals surface area contributed by atoms with Gasteiger partial charge in [-0.05, 0) is 18.2 Å². The second-order valence-corrected chi connectivity index (χ2v) is 3.90. The fourth-order valence-corrected chi connectivity index (χ4v) is 0.839. The van der Waals surface area contributed by atoms with Gasteiger partial charge in [-0.15, -0.1) is 0 Å². The molecule has 1 rings (SSSR count). The molecule has 0 bridgehead atoms. The highest BCUT2D eigenvalue weighted by Crippen LogP contribution is 2.15. The first-order valence-electron chi connectivity index (χ1n) is 6.84. The van der Waals surface area contributed by atoms with Crippen LogP contribution in [-0.4, -0.2) is 24.6 Å². The molecule has 1 aliphatic heterocycles. The molecule has 20 heavy (non-hydrogen) atoms. The number of nitrogens with zero attached hydrogens (tertiary/aromatic N) is 1. The fraction of sp³-hybridized carbons (Fsp3) is 0.571. The van der Waals surface area contributed by atoms with Gasteiger partial charge in [0.15, 0.2) is 0 Å². The Morgan fingerprint density at radius 2 is 1.40 bits per heavy atom. The number of hydrogen-bond acceptors (Lipinski definition) is 4. The van der Waals surface area contributed by atoms with Gasteiger partial charge in [-0.1, -0.05) is 48.5 Å². The SMILES string of the molecule is CC.CC.CC(C)C.[B]N1C(=O)C(N)=C(/C=C\N)C1=O. The standard InChI is InChI=1S/C6H6BN3O2.C4H10.2C2H6/c7-10-5(11)3(1-2-8)4(9)6(10)12;1-4(2)3;2*1-2/h1-2H,8-9H2;4H,1-3H3;2*1-2H3/b2-1-;;;. The van der Waals surface area contributed by atoms with Gasteiger partial charge in [0.2, 0.25) is 13.9 Å². The van der Waals surface area contributed by atoms with E-state index in [1.807, 2.05) is 27.7 Å². The fourth-order valence-electron chi connectivity index (χ4n) is 0.839. The molecule has 0 aliphatic carbocycles. The van der Waals surface area contributed by atoms with Crippen LogP contribution in [0.1, 0.15) is 48.5 Å². The molecule has 114 valence electrons. The molecule has 0 saturated heterocycles. The summed E-state index contributed by atoms with van der Waals surface area (Å²) in [6, 6.07) is 0. The highest BCUT2D eigenvalue weighted by molar-refractivity contribution is 6.35. The van der Waals surface area contributed by atoms with Crippen LogP contribution in [0, 0.1) is 5.92 Å². The van der Waals surface area contributed by atoms with Crippen molar-refractivity contribution in [2.75, 3.05) is 0 Å². The highest BCUT2D eigenvalue weighted by Gasteiger charge is 2.31. The number of nitrogens with two attached hydrogens (primary N) is 2. The average Bonchev–Trinajstić information content (AvgIpc) is 2.61. The van der Waals surface area contributed by atoms with E-state index in [2.05, 4.69) is 20.8 Å². The van der Waals surface area contributed by atoms with Crippen LogP contribution in [-0.2, 0) is 9.59 Å². The van der Waals surface area contributed by atoms with Crippen LogP contribution >= 0.6 is 0 Å². The van der Waals surface area contributed by atoms with Crippen molar-refractivity contribution in [2.24, 2.45) is 17.4 Å². The van der Waals surface area contributed by atoms with Crippen molar-refractivity contribution in [3.05, 3.63) is 23.5 Å². The van der Waals surface area contributed by atoms with E-state index in [0.717, 1.165) is 12.1 Å². The lowest BCUT2D eigenvalue weighted by Gasteiger charge is -2.04. The molecule has 2 amide bonds. The van der Waals surface area contributed by atoms with Crippen LogP contribution in [0.15, 0.2) is 23.5 Å². The van der Waals surface area contributed by atoms with Crippen molar-refractivity contribution in [3.8, 4) is 0 Å². The quantitative estimate of drug-likeness (QED) is 0.567. The van der Waals surface area contributed by atoms with E-state index in [0.29, 0.717) is 4.81 Å². The molecular formula is C14H28BN3O2. The number of rotatable bonds is 1. The van der Waals surface area contributed by atoms with Gasteiger partial charge in [-0.3, -0.25) is 9.59 Å². The summed E-state index contributed by atoms with van der Waals surface area (Å²) in [5.41, 5.74) is 10.2. The van der Waals surface area contributed by atoms with E-state index >= 15 is 0 Å². The molecule has 0 unspecified atom stereocenters. The number of carbonyl (C=O) groups is 2. The van der Waals surface area contributed by atoms with Crippen LogP contribution in [0.3, 0.4) is 0 Å². The topological polar surface area (TPSA) is 89.4 Å². The first kappa shape index (κ1) is 23.4. The number of imide groups is 1. The second kappa shape index (κ2) is 13.7. The predicted molar refractivity (Wildman–Crippen MR) is 85.4 cm³/mol. The molecule has 6 heteroatoms. The van der Waals surface area contributed by atoms with Crippen LogP contribution in [0.25, 0.3) is 0 Å². The molecular weight excluding hydrogens is 253 g/mol. The van der Waals surface area contributed by atoms with Gasteiger partial charge in [0, 0.05) is 0 Å². The van der Waals surface area contributed by atoms with Crippen LogP contribution in [0.5, 0.6) is 0 Å². The maximum absolute atomic E-state index is 11.1. The molecule has 2 radical (unpaired) electrons. The molecule has 0 atom stereocenters. The van der Waals surface area contributed by atoms with Crippen molar-refractivity contribution in [1.29, 1.82) is 0 Å². The van der Waals surface area contributed by atoms with Crippen LogP contribution < -0.4 is 11.5 Å². The van der Waals surface area contributed by atoms with Gasteiger partial charge in [0.1, 0.15) is 5.70 Å². The molecule has 5 nitrogen and oxygen atoms in total. The molecule has 0 aromatic heterocycles. The monoisotopic (exact) mass is 281 g/mol.